The smallest absolute Gasteiger partial charge is 0.355 e. The number of nitrogens with zero attached hydrogens (tertiary/aromatic N) is 2. The molecule has 1 atom stereocenters. The van der Waals surface area contributed by atoms with Gasteiger partial charge in [-0.3, -0.25) is 4.79 Å². The predicted octanol–water partition coefficient (Wildman–Crippen LogP) is 1.78. The third-order valence-electron chi connectivity index (χ3n) is 5.27. The monoisotopic (exact) mass is 488 g/mol. The second-order valence-corrected chi connectivity index (χ2v) is 9.49. The zero-order valence-electron chi connectivity index (χ0n) is 18.6. The van der Waals surface area contributed by atoms with Gasteiger partial charge in [0.05, 0.1) is 25.2 Å². The molecule has 2 aromatic heterocycles. The van der Waals surface area contributed by atoms with Crippen LogP contribution in [0.5, 0.6) is 5.88 Å². The van der Waals surface area contributed by atoms with Crippen LogP contribution in [0, 0.1) is 0 Å². The van der Waals surface area contributed by atoms with Crippen LogP contribution in [0.25, 0.3) is 11.0 Å². The Balaban J connectivity index is 1.37. The number of aromatic nitrogens is 2. The maximum absolute atomic E-state index is 12.7. The number of pyridine rings is 1. The van der Waals surface area contributed by atoms with E-state index in [0.717, 1.165) is 0 Å². The largest absolute Gasteiger partial charge is 0.481 e. The van der Waals surface area contributed by atoms with Gasteiger partial charge in [-0.15, -0.1) is 0 Å². The standard InChI is InChI=1S/C22H24N4O7S/c1-14(33-22(28)18-13-15-3-8-19(31-2)25-20(15)24-18)21(27)23-16-4-6-17(7-5-16)34(29,30)26-9-11-32-12-10-26/h3-8,13-14H,9-12H2,1-2H3,(H,23,27)(H,24,25). The molecule has 11 nitrogen and oxygen atoms in total. The third-order valence-corrected chi connectivity index (χ3v) is 7.18. The van der Waals surface area contributed by atoms with E-state index in [9.17, 15) is 18.0 Å². The minimum absolute atomic E-state index is 0.121. The number of fused-ring (bicyclic) bond motifs is 1. The molecule has 3 heterocycles. The maximum atomic E-state index is 12.7. The highest BCUT2D eigenvalue weighted by Crippen LogP contribution is 2.21. The van der Waals surface area contributed by atoms with Crippen molar-refractivity contribution in [2.45, 2.75) is 17.9 Å². The zero-order valence-corrected chi connectivity index (χ0v) is 19.4. The van der Waals surface area contributed by atoms with Crippen LogP contribution in [-0.2, 0) is 24.3 Å². The fraction of sp³-hybridized carbons (Fsp3) is 0.318. The first-order chi connectivity index (χ1) is 16.3. The van der Waals surface area contributed by atoms with Gasteiger partial charge in [0.25, 0.3) is 5.91 Å². The molecule has 3 aromatic rings. The molecule has 12 heteroatoms. The summed E-state index contributed by atoms with van der Waals surface area (Å²) in [6, 6.07) is 10.8. The fourth-order valence-corrected chi connectivity index (χ4v) is 4.79. The Morgan fingerprint density at radius 1 is 1.15 bits per heavy atom. The number of methoxy groups -OCH3 is 1. The summed E-state index contributed by atoms with van der Waals surface area (Å²) >= 11 is 0. The Hall–Kier alpha value is -3.48. The average molecular weight is 489 g/mol. The third kappa shape index (κ3) is 5.03. The Bertz CT molecular complexity index is 1300. The number of H-pyrrole nitrogens is 1. The molecule has 0 spiro atoms. The van der Waals surface area contributed by atoms with Crippen molar-refractivity contribution in [1.29, 1.82) is 0 Å². The molecule has 2 N–H and O–H groups in total. The van der Waals surface area contributed by atoms with Gasteiger partial charge in [-0.2, -0.15) is 9.29 Å². The van der Waals surface area contributed by atoms with E-state index in [-0.39, 0.29) is 10.6 Å². The van der Waals surface area contributed by atoms with Crippen molar-refractivity contribution in [3.8, 4) is 5.88 Å². The molecule has 0 aliphatic carbocycles. The lowest BCUT2D eigenvalue weighted by molar-refractivity contribution is -0.123. The summed E-state index contributed by atoms with van der Waals surface area (Å²) in [5, 5.41) is 3.31. The maximum Gasteiger partial charge on any atom is 0.355 e. The number of amides is 1. The van der Waals surface area contributed by atoms with E-state index >= 15 is 0 Å². The quantitative estimate of drug-likeness (QED) is 0.480. The second-order valence-electron chi connectivity index (χ2n) is 7.55. The van der Waals surface area contributed by atoms with Crippen molar-refractivity contribution in [3.63, 3.8) is 0 Å². The van der Waals surface area contributed by atoms with Gasteiger partial charge in [0.1, 0.15) is 11.3 Å². The lowest BCUT2D eigenvalue weighted by Crippen LogP contribution is -2.40. The Morgan fingerprint density at radius 3 is 2.53 bits per heavy atom. The van der Waals surface area contributed by atoms with Crippen LogP contribution in [0.2, 0.25) is 0 Å². The molecule has 4 rings (SSSR count). The van der Waals surface area contributed by atoms with Crippen molar-refractivity contribution >= 4 is 38.6 Å². The highest BCUT2D eigenvalue weighted by molar-refractivity contribution is 7.89. The number of morpholine rings is 1. The van der Waals surface area contributed by atoms with Crippen molar-refractivity contribution in [1.82, 2.24) is 14.3 Å². The SMILES string of the molecule is COc1ccc2cc(C(=O)OC(C)C(=O)Nc3ccc(S(=O)(=O)N4CCOCC4)cc3)[nH]c2n1. The van der Waals surface area contributed by atoms with Gasteiger partial charge in [0.2, 0.25) is 15.9 Å². The number of carbonyl (C=O) groups is 2. The van der Waals surface area contributed by atoms with Crippen molar-refractivity contribution in [3.05, 3.63) is 48.2 Å². The number of anilines is 1. The summed E-state index contributed by atoms with van der Waals surface area (Å²) in [5.41, 5.74) is 0.972. The number of hydrogen-bond acceptors (Lipinski definition) is 8. The van der Waals surface area contributed by atoms with Crippen LogP contribution in [0.15, 0.2) is 47.4 Å². The number of ether oxygens (including phenoxy) is 3. The highest BCUT2D eigenvalue weighted by atomic mass is 32.2. The van der Waals surface area contributed by atoms with Crippen LogP contribution >= 0.6 is 0 Å². The molecule has 180 valence electrons. The van der Waals surface area contributed by atoms with E-state index in [0.29, 0.717) is 48.9 Å². The van der Waals surface area contributed by atoms with Crippen molar-refractivity contribution in [2.75, 3.05) is 38.7 Å². The molecular formula is C22H24N4O7S. The van der Waals surface area contributed by atoms with Gasteiger partial charge >= 0.3 is 5.97 Å². The Kier molecular flexibility index (Phi) is 6.82. The molecule has 1 aliphatic heterocycles. The van der Waals surface area contributed by atoms with Crippen LogP contribution in [0.3, 0.4) is 0 Å². The molecule has 0 radical (unpaired) electrons. The molecule has 1 aliphatic rings. The molecule has 1 amide bonds. The lowest BCUT2D eigenvalue weighted by atomic mass is 10.3. The number of benzene rings is 1. The summed E-state index contributed by atoms with van der Waals surface area (Å²) in [4.78, 5) is 32.1. The van der Waals surface area contributed by atoms with E-state index in [2.05, 4.69) is 15.3 Å². The van der Waals surface area contributed by atoms with Gasteiger partial charge in [-0.05, 0) is 43.3 Å². The molecule has 0 bridgehead atoms. The predicted molar refractivity (Wildman–Crippen MR) is 122 cm³/mol. The summed E-state index contributed by atoms with van der Waals surface area (Å²) in [5.74, 6) is -0.884. The second kappa shape index (κ2) is 9.79. The number of hydrogen-bond donors (Lipinski definition) is 2. The van der Waals surface area contributed by atoms with Crippen LogP contribution in [-0.4, -0.2) is 74.1 Å². The van der Waals surface area contributed by atoms with Gasteiger partial charge in [0.15, 0.2) is 6.10 Å². The Labute approximate surface area is 196 Å². The number of esters is 1. The van der Waals surface area contributed by atoms with Gasteiger partial charge in [-0.1, -0.05) is 0 Å². The number of carbonyl (C=O) groups excluding carboxylic acids is 2. The van der Waals surface area contributed by atoms with Crippen LogP contribution in [0.4, 0.5) is 5.69 Å². The number of sulfonamides is 1. The van der Waals surface area contributed by atoms with E-state index in [1.807, 2.05) is 0 Å². The molecule has 1 saturated heterocycles. The first-order valence-electron chi connectivity index (χ1n) is 10.5. The van der Waals surface area contributed by atoms with Crippen molar-refractivity contribution < 1.29 is 32.2 Å². The van der Waals surface area contributed by atoms with Crippen LogP contribution < -0.4 is 10.1 Å². The summed E-state index contributed by atoms with van der Waals surface area (Å²) in [6.07, 6.45) is -1.10. The lowest BCUT2D eigenvalue weighted by Gasteiger charge is -2.26. The minimum atomic E-state index is -3.63. The summed E-state index contributed by atoms with van der Waals surface area (Å²) in [7, 11) is -2.14. The fourth-order valence-electron chi connectivity index (χ4n) is 3.38. The van der Waals surface area contributed by atoms with E-state index in [1.54, 1.807) is 18.2 Å². The molecule has 34 heavy (non-hydrogen) atoms. The van der Waals surface area contributed by atoms with Crippen LogP contribution in [0.1, 0.15) is 17.4 Å². The number of nitrogens with one attached hydrogen (secondary N) is 2. The first kappa shape index (κ1) is 23.7. The van der Waals surface area contributed by atoms with E-state index in [1.165, 1.54) is 42.6 Å². The molecule has 1 fully saturated rings. The highest BCUT2D eigenvalue weighted by Gasteiger charge is 2.26. The van der Waals surface area contributed by atoms with E-state index < -0.39 is 28.0 Å². The first-order valence-corrected chi connectivity index (χ1v) is 12.0. The molecule has 1 unspecified atom stereocenters. The Morgan fingerprint density at radius 2 is 1.85 bits per heavy atom. The van der Waals surface area contributed by atoms with E-state index in [4.69, 9.17) is 14.2 Å². The minimum Gasteiger partial charge on any atom is -0.481 e. The molecule has 0 saturated carbocycles. The van der Waals surface area contributed by atoms with Gasteiger partial charge < -0.3 is 24.5 Å². The molecule has 1 aromatic carbocycles. The summed E-state index contributed by atoms with van der Waals surface area (Å²) in [6.45, 7) is 2.74. The molecular weight excluding hydrogens is 464 g/mol. The zero-order chi connectivity index (χ0) is 24.3. The topological polar surface area (TPSA) is 140 Å². The number of rotatable bonds is 7. The van der Waals surface area contributed by atoms with Gasteiger partial charge in [0, 0.05) is 30.2 Å². The normalized spacial score (nSPS) is 15.6. The van der Waals surface area contributed by atoms with Gasteiger partial charge in [-0.25, -0.2) is 13.2 Å². The van der Waals surface area contributed by atoms with Crippen molar-refractivity contribution in [2.24, 2.45) is 0 Å². The summed E-state index contributed by atoms with van der Waals surface area (Å²) < 4.78 is 42.3. The number of aromatic amines is 1. The average Bonchev–Trinajstić information content (AvgIpc) is 3.28.